The monoisotopic (exact) mass is 286 g/mol. The molecular weight excluding hydrogens is 268 g/mol. The SMILES string of the molecule is Cc1ccc2c(c1)N=C(Cn1c(O)ccc1O)C(C)(C)O2. The molecule has 0 bridgehead atoms. The van der Waals surface area contributed by atoms with Crippen molar-refractivity contribution in [1.82, 2.24) is 4.57 Å². The van der Waals surface area contributed by atoms with E-state index in [2.05, 4.69) is 4.99 Å². The van der Waals surface area contributed by atoms with E-state index in [1.165, 1.54) is 16.7 Å². The summed E-state index contributed by atoms with van der Waals surface area (Å²) in [6, 6.07) is 8.76. The summed E-state index contributed by atoms with van der Waals surface area (Å²) in [7, 11) is 0. The molecule has 0 saturated heterocycles. The topological polar surface area (TPSA) is 67.0 Å². The van der Waals surface area contributed by atoms with Crippen molar-refractivity contribution in [3.63, 3.8) is 0 Å². The maximum absolute atomic E-state index is 9.78. The summed E-state index contributed by atoms with van der Waals surface area (Å²) in [5.41, 5.74) is 2.01. The van der Waals surface area contributed by atoms with E-state index in [1.54, 1.807) is 0 Å². The zero-order chi connectivity index (χ0) is 15.2. The molecule has 1 aliphatic rings. The fourth-order valence-electron chi connectivity index (χ4n) is 2.40. The summed E-state index contributed by atoms with van der Waals surface area (Å²) in [5.74, 6) is 0.748. The molecule has 21 heavy (non-hydrogen) atoms. The van der Waals surface area contributed by atoms with Crippen molar-refractivity contribution in [3.05, 3.63) is 35.9 Å². The van der Waals surface area contributed by atoms with Gasteiger partial charge in [-0.05, 0) is 38.5 Å². The third-order valence-electron chi connectivity index (χ3n) is 3.67. The number of aryl methyl sites for hydroxylation is 1. The van der Waals surface area contributed by atoms with Crippen molar-refractivity contribution in [3.8, 4) is 17.5 Å². The number of hydrogen-bond acceptors (Lipinski definition) is 4. The molecule has 0 unspecified atom stereocenters. The van der Waals surface area contributed by atoms with Gasteiger partial charge in [-0.15, -0.1) is 0 Å². The standard InChI is InChI=1S/C16H18N2O3/c1-10-4-5-12-11(8-10)17-13(16(2,3)21-12)9-18-14(19)6-7-15(18)20/h4-8,19-20H,9H2,1-3H3. The van der Waals surface area contributed by atoms with E-state index >= 15 is 0 Å². The fourth-order valence-corrected chi connectivity index (χ4v) is 2.40. The summed E-state index contributed by atoms with van der Waals surface area (Å²) < 4.78 is 7.40. The second-order valence-corrected chi connectivity index (χ2v) is 5.78. The van der Waals surface area contributed by atoms with Crippen LogP contribution in [0.15, 0.2) is 35.3 Å². The Morgan fingerprint density at radius 2 is 1.81 bits per heavy atom. The van der Waals surface area contributed by atoms with E-state index in [1.807, 2.05) is 39.0 Å². The van der Waals surface area contributed by atoms with Gasteiger partial charge in [0.05, 0.1) is 12.3 Å². The number of nitrogens with zero attached hydrogens (tertiary/aromatic N) is 2. The molecule has 0 amide bonds. The van der Waals surface area contributed by atoms with Crippen LogP contribution in [0, 0.1) is 6.92 Å². The first-order chi connectivity index (χ1) is 9.87. The highest BCUT2D eigenvalue weighted by atomic mass is 16.5. The fraction of sp³-hybridized carbons (Fsp3) is 0.312. The van der Waals surface area contributed by atoms with E-state index in [4.69, 9.17) is 4.74 Å². The van der Waals surface area contributed by atoms with Crippen LogP contribution >= 0.6 is 0 Å². The first kappa shape index (κ1) is 13.5. The van der Waals surface area contributed by atoms with Gasteiger partial charge in [0.25, 0.3) is 0 Å². The summed E-state index contributed by atoms with van der Waals surface area (Å²) in [6.07, 6.45) is 0. The first-order valence-electron chi connectivity index (χ1n) is 6.82. The van der Waals surface area contributed by atoms with Gasteiger partial charge in [0.2, 0.25) is 0 Å². The summed E-state index contributed by atoms with van der Waals surface area (Å²) in [4.78, 5) is 4.66. The average molecular weight is 286 g/mol. The molecule has 1 aliphatic heterocycles. The van der Waals surface area contributed by atoms with E-state index in [0.717, 1.165) is 22.7 Å². The van der Waals surface area contributed by atoms with Gasteiger partial charge in [-0.25, -0.2) is 4.99 Å². The lowest BCUT2D eigenvalue weighted by molar-refractivity contribution is 0.174. The molecule has 0 fully saturated rings. The van der Waals surface area contributed by atoms with Crippen LogP contribution in [-0.2, 0) is 6.54 Å². The molecule has 3 rings (SSSR count). The predicted molar refractivity (Wildman–Crippen MR) is 80.7 cm³/mol. The molecular formula is C16H18N2O3. The van der Waals surface area contributed by atoms with Crippen LogP contribution in [0.4, 0.5) is 5.69 Å². The molecule has 0 atom stereocenters. The van der Waals surface area contributed by atoms with E-state index < -0.39 is 5.60 Å². The van der Waals surface area contributed by atoms with Crippen molar-refractivity contribution < 1.29 is 14.9 Å². The highest BCUT2D eigenvalue weighted by Crippen LogP contribution is 2.37. The Bertz CT molecular complexity index is 710. The van der Waals surface area contributed by atoms with Crippen LogP contribution in [0.25, 0.3) is 0 Å². The number of rotatable bonds is 2. The van der Waals surface area contributed by atoms with Gasteiger partial charge < -0.3 is 14.9 Å². The van der Waals surface area contributed by atoms with Gasteiger partial charge in [-0.3, -0.25) is 4.57 Å². The lowest BCUT2D eigenvalue weighted by Crippen LogP contribution is -2.42. The number of fused-ring (bicyclic) bond motifs is 1. The highest BCUT2D eigenvalue weighted by Gasteiger charge is 2.33. The number of benzene rings is 1. The minimum Gasteiger partial charge on any atom is -0.494 e. The first-order valence-corrected chi connectivity index (χ1v) is 6.82. The Morgan fingerprint density at radius 3 is 2.48 bits per heavy atom. The quantitative estimate of drug-likeness (QED) is 0.891. The lowest BCUT2D eigenvalue weighted by atomic mass is 9.99. The molecule has 0 saturated carbocycles. The number of aliphatic imine (C=N–C) groups is 1. The molecule has 0 radical (unpaired) electrons. The van der Waals surface area contributed by atoms with Gasteiger partial charge in [-0.1, -0.05) is 6.07 Å². The number of aromatic nitrogens is 1. The molecule has 2 heterocycles. The molecule has 5 nitrogen and oxygen atoms in total. The largest absolute Gasteiger partial charge is 0.494 e. The van der Waals surface area contributed by atoms with Gasteiger partial charge in [-0.2, -0.15) is 0 Å². The molecule has 1 aromatic heterocycles. The number of ether oxygens (including phenoxy) is 1. The molecule has 0 aliphatic carbocycles. The molecule has 0 spiro atoms. The summed E-state index contributed by atoms with van der Waals surface area (Å²) in [5, 5.41) is 19.6. The van der Waals surface area contributed by atoms with Gasteiger partial charge in [0.15, 0.2) is 11.8 Å². The predicted octanol–water partition coefficient (Wildman–Crippen LogP) is 3.15. The normalized spacial score (nSPS) is 16.0. The number of hydrogen-bond donors (Lipinski definition) is 2. The Hall–Kier alpha value is -2.43. The summed E-state index contributed by atoms with van der Waals surface area (Å²) in [6.45, 7) is 6.11. The van der Waals surface area contributed by atoms with Crippen molar-refractivity contribution >= 4 is 11.4 Å². The zero-order valence-electron chi connectivity index (χ0n) is 12.3. The van der Waals surface area contributed by atoms with Crippen LogP contribution < -0.4 is 4.74 Å². The van der Waals surface area contributed by atoms with Crippen LogP contribution in [-0.4, -0.2) is 26.1 Å². The van der Waals surface area contributed by atoms with Crippen molar-refractivity contribution in [2.75, 3.05) is 0 Å². The smallest absolute Gasteiger partial charge is 0.194 e. The van der Waals surface area contributed by atoms with E-state index in [9.17, 15) is 10.2 Å². The second-order valence-electron chi connectivity index (χ2n) is 5.78. The van der Waals surface area contributed by atoms with Crippen LogP contribution in [0.3, 0.4) is 0 Å². The van der Waals surface area contributed by atoms with Crippen molar-refractivity contribution in [1.29, 1.82) is 0 Å². The number of aromatic hydroxyl groups is 2. The lowest BCUT2D eigenvalue weighted by Gasteiger charge is -2.33. The van der Waals surface area contributed by atoms with E-state index in [0.29, 0.717) is 0 Å². The Balaban J connectivity index is 2.03. The van der Waals surface area contributed by atoms with Gasteiger partial charge in [0.1, 0.15) is 17.0 Å². The minimum absolute atomic E-state index is 0.000962. The van der Waals surface area contributed by atoms with Gasteiger partial charge in [0, 0.05) is 12.1 Å². The van der Waals surface area contributed by atoms with Crippen LogP contribution in [0.5, 0.6) is 17.5 Å². The van der Waals surface area contributed by atoms with Crippen molar-refractivity contribution in [2.24, 2.45) is 4.99 Å². The highest BCUT2D eigenvalue weighted by molar-refractivity contribution is 5.96. The molecule has 2 aromatic rings. The Morgan fingerprint density at radius 1 is 1.14 bits per heavy atom. The van der Waals surface area contributed by atoms with E-state index in [-0.39, 0.29) is 18.3 Å². The Kier molecular flexibility index (Phi) is 2.93. The molecule has 2 N–H and O–H groups in total. The van der Waals surface area contributed by atoms with Gasteiger partial charge >= 0.3 is 0 Å². The second kappa shape index (κ2) is 4.55. The summed E-state index contributed by atoms with van der Waals surface area (Å²) >= 11 is 0. The molecule has 5 heteroatoms. The average Bonchev–Trinajstić information content (AvgIpc) is 2.71. The Labute approximate surface area is 123 Å². The third kappa shape index (κ3) is 2.35. The zero-order valence-corrected chi connectivity index (χ0v) is 12.3. The molecule has 1 aromatic carbocycles. The van der Waals surface area contributed by atoms with Crippen LogP contribution in [0.1, 0.15) is 19.4 Å². The molecule has 110 valence electrons. The van der Waals surface area contributed by atoms with Crippen LogP contribution in [0.2, 0.25) is 0 Å². The maximum atomic E-state index is 9.78. The minimum atomic E-state index is -0.606. The maximum Gasteiger partial charge on any atom is 0.194 e. The van der Waals surface area contributed by atoms with Crippen molar-refractivity contribution in [2.45, 2.75) is 32.9 Å². The third-order valence-corrected chi connectivity index (χ3v) is 3.67.